The van der Waals surface area contributed by atoms with Gasteiger partial charge in [-0.15, -0.1) is 0 Å². The summed E-state index contributed by atoms with van der Waals surface area (Å²) < 4.78 is 0. The number of phenols is 1. The molecule has 0 atom stereocenters. The molecule has 1 amide bonds. The number of aliphatic hydroxyl groups excluding tert-OH is 1. The Morgan fingerprint density at radius 2 is 1.91 bits per heavy atom. The van der Waals surface area contributed by atoms with E-state index < -0.39 is 0 Å². The van der Waals surface area contributed by atoms with Gasteiger partial charge in [-0.3, -0.25) is 4.79 Å². The Morgan fingerprint density at radius 1 is 1.14 bits per heavy atom. The van der Waals surface area contributed by atoms with E-state index >= 15 is 0 Å². The molecule has 0 unspecified atom stereocenters. The van der Waals surface area contributed by atoms with Crippen LogP contribution in [0.3, 0.4) is 0 Å². The smallest absolute Gasteiger partial charge is 0.254 e. The fourth-order valence-electron chi connectivity index (χ4n) is 2.19. The van der Waals surface area contributed by atoms with E-state index in [2.05, 4.69) is 0 Å². The van der Waals surface area contributed by atoms with E-state index in [1.54, 1.807) is 23.1 Å². The first kappa shape index (κ1) is 16.3. The highest BCUT2D eigenvalue weighted by Crippen LogP contribution is 2.17. The monoisotopic (exact) mass is 319 g/mol. The van der Waals surface area contributed by atoms with Crippen molar-refractivity contribution in [3.05, 3.63) is 64.7 Å². The third kappa shape index (κ3) is 4.48. The number of aromatic hydroxyl groups is 1. The molecule has 0 aliphatic heterocycles. The molecule has 0 saturated carbocycles. The van der Waals surface area contributed by atoms with E-state index in [-0.39, 0.29) is 18.3 Å². The van der Waals surface area contributed by atoms with Gasteiger partial charge in [-0.05, 0) is 42.3 Å². The first-order valence-corrected chi connectivity index (χ1v) is 7.41. The lowest BCUT2D eigenvalue weighted by Crippen LogP contribution is -2.32. The second kappa shape index (κ2) is 7.82. The topological polar surface area (TPSA) is 60.8 Å². The van der Waals surface area contributed by atoms with Gasteiger partial charge >= 0.3 is 0 Å². The van der Waals surface area contributed by atoms with Crippen molar-refractivity contribution in [2.75, 3.05) is 13.2 Å². The highest BCUT2D eigenvalue weighted by atomic mass is 35.5. The zero-order valence-corrected chi connectivity index (χ0v) is 12.8. The van der Waals surface area contributed by atoms with E-state index in [1.165, 1.54) is 12.1 Å². The molecule has 116 valence electrons. The Balaban J connectivity index is 2.19. The van der Waals surface area contributed by atoms with Crippen LogP contribution in [0.25, 0.3) is 0 Å². The average Bonchev–Trinajstić information content (AvgIpc) is 2.51. The SMILES string of the molecule is O=C(c1cccc(O)c1)N(CCCO)Cc1cccc(Cl)c1. The van der Waals surface area contributed by atoms with Crippen LogP contribution < -0.4 is 0 Å². The maximum atomic E-state index is 12.6. The molecule has 0 fully saturated rings. The number of carbonyl (C=O) groups is 1. The Morgan fingerprint density at radius 3 is 2.59 bits per heavy atom. The summed E-state index contributed by atoms with van der Waals surface area (Å²) >= 11 is 5.97. The normalized spacial score (nSPS) is 10.5. The number of carbonyl (C=O) groups excluding carboxylic acids is 1. The molecule has 4 nitrogen and oxygen atoms in total. The predicted molar refractivity (Wildman–Crippen MR) is 86.0 cm³/mol. The van der Waals surface area contributed by atoms with Crippen LogP contribution in [0.1, 0.15) is 22.3 Å². The van der Waals surface area contributed by atoms with Crippen LogP contribution >= 0.6 is 11.6 Å². The van der Waals surface area contributed by atoms with Gasteiger partial charge < -0.3 is 15.1 Å². The number of phenolic OH excluding ortho intramolecular Hbond substituents is 1. The summed E-state index contributed by atoms with van der Waals surface area (Å²) in [5.74, 6) is -0.139. The summed E-state index contributed by atoms with van der Waals surface area (Å²) in [6.07, 6.45) is 0.491. The van der Waals surface area contributed by atoms with Crippen LogP contribution in [0.4, 0.5) is 0 Å². The molecule has 2 aromatic rings. The van der Waals surface area contributed by atoms with E-state index in [0.29, 0.717) is 30.1 Å². The van der Waals surface area contributed by atoms with Crippen LogP contribution in [-0.4, -0.2) is 34.2 Å². The molecule has 0 heterocycles. The van der Waals surface area contributed by atoms with Crippen molar-refractivity contribution < 1.29 is 15.0 Å². The molecule has 0 aromatic heterocycles. The number of benzene rings is 2. The van der Waals surface area contributed by atoms with Crippen LogP contribution in [0, 0.1) is 0 Å². The molecule has 2 N–H and O–H groups in total. The van der Waals surface area contributed by atoms with Gasteiger partial charge in [-0.1, -0.05) is 29.8 Å². The fourth-order valence-corrected chi connectivity index (χ4v) is 2.40. The molecule has 5 heteroatoms. The summed E-state index contributed by atoms with van der Waals surface area (Å²) in [5, 5.41) is 19.2. The van der Waals surface area contributed by atoms with Gasteiger partial charge in [0, 0.05) is 30.3 Å². The molecular weight excluding hydrogens is 302 g/mol. The van der Waals surface area contributed by atoms with Gasteiger partial charge in [-0.25, -0.2) is 0 Å². The molecule has 0 aliphatic carbocycles. The highest BCUT2D eigenvalue weighted by molar-refractivity contribution is 6.30. The molecule has 2 rings (SSSR count). The van der Waals surface area contributed by atoms with Gasteiger partial charge in [0.2, 0.25) is 0 Å². The minimum absolute atomic E-state index is 0.0133. The van der Waals surface area contributed by atoms with Crippen LogP contribution in [-0.2, 0) is 6.54 Å². The standard InChI is InChI=1S/C17H18ClNO3/c18-15-6-1-4-13(10-15)12-19(8-3-9-20)17(22)14-5-2-7-16(21)11-14/h1-2,4-7,10-11,20-21H,3,8-9,12H2. The van der Waals surface area contributed by atoms with E-state index in [9.17, 15) is 9.90 Å². The first-order chi connectivity index (χ1) is 10.6. The zero-order valence-electron chi connectivity index (χ0n) is 12.1. The van der Waals surface area contributed by atoms with E-state index in [4.69, 9.17) is 16.7 Å². The summed E-state index contributed by atoms with van der Waals surface area (Å²) in [6, 6.07) is 13.6. The third-order valence-electron chi connectivity index (χ3n) is 3.23. The summed E-state index contributed by atoms with van der Waals surface area (Å²) in [4.78, 5) is 14.2. The summed E-state index contributed by atoms with van der Waals surface area (Å²) in [5.41, 5.74) is 1.33. The second-order valence-corrected chi connectivity index (χ2v) is 5.42. The van der Waals surface area contributed by atoms with Gasteiger partial charge in [0.05, 0.1) is 0 Å². The van der Waals surface area contributed by atoms with Crippen LogP contribution in [0.5, 0.6) is 5.75 Å². The average molecular weight is 320 g/mol. The maximum absolute atomic E-state index is 12.6. The molecular formula is C17H18ClNO3. The number of nitrogens with zero attached hydrogens (tertiary/aromatic N) is 1. The molecule has 0 bridgehead atoms. The Hall–Kier alpha value is -2.04. The number of amides is 1. The number of aliphatic hydroxyl groups is 1. The van der Waals surface area contributed by atoms with Crippen molar-refractivity contribution in [2.45, 2.75) is 13.0 Å². The fraction of sp³-hybridized carbons (Fsp3) is 0.235. The van der Waals surface area contributed by atoms with Gasteiger partial charge in [-0.2, -0.15) is 0 Å². The Bertz CT molecular complexity index is 645. The second-order valence-electron chi connectivity index (χ2n) is 4.98. The lowest BCUT2D eigenvalue weighted by atomic mass is 10.1. The Labute approximate surface area is 134 Å². The number of halogens is 1. The first-order valence-electron chi connectivity index (χ1n) is 7.04. The van der Waals surface area contributed by atoms with Gasteiger partial charge in [0.1, 0.15) is 5.75 Å². The molecule has 2 aromatic carbocycles. The van der Waals surface area contributed by atoms with Gasteiger partial charge in [0.15, 0.2) is 0 Å². The lowest BCUT2D eigenvalue weighted by Gasteiger charge is -2.23. The van der Waals surface area contributed by atoms with Crippen molar-refractivity contribution >= 4 is 17.5 Å². The molecule has 0 spiro atoms. The molecule has 22 heavy (non-hydrogen) atoms. The molecule has 0 aliphatic rings. The van der Waals surface area contributed by atoms with Crippen molar-refractivity contribution in [3.63, 3.8) is 0 Å². The minimum Gasteiger partial charge on any atom is -0.508 e. The van der Waals surface area contributed by atoms with Gasteiger partial charge in [0.25, 0.3) is 5.91 Å². The zero-order chi connectivity index (χ0) is 15.9. The largest absolute Gasteiger partial charge is 0.508 e. The summed E-state index contributed by atoms with van der Waals surface area (Å²) in [6.45, 7) is 0.839. The van der Waals surface area contributed by atoms with Crippen molar-refractivity contribution in [1.82, 2.24) is 4.90 Å². The Kier molecular flexibility index (Phi) is 5.81. The van der Waals surface area contributed by atoms with Crippen molar-refractivity contribution in [2.24, 2.45) is 0 Å². The molecule has 0 radical (unpaired) electrons. The lowest BCUT2D eigenvalue weighted by molar-refractivity contribution is 0.0731. The molecule has 0 saturated heterocycles. The number of hydrogen-bond donors (Lipinski definition) is 2. The van der Waals surface area contributed by atoms with Crippen LogP contribution in [0.15, 0.2) is 48.5 Å². The van der Waals surface area contributed by atoms with Crippen molar-refractivity contribution in [3.8, 4) is 5.75 Å². The van der Waals surface area contributed by atoms with E-state index in [1.807, 2.05) is 18.2 Å². The summed E-state index contributed by atoms with van der Waals surface area (Å²) in [7, 11) is 0. The number of rotatable bonds is 6. The third-order valence-corrected chi connectivity index (χ3v) is 3.46. The maximum Gasteiger partial charge on any atom is 0.254 e. The highest BCUT2D eigenvalue weighted by Gasteiger charge is 2.16. The predicted octanol–water partition coefficient (Wildman–Crippen LogP) is 3.07. The quantitative estimate of drug-likeness (QED) is 0.860. The number of hydrogen-bond acceptors (Lipinski definition) is 3. The van der Waals surface area contributed by atoms with Crippen LogP contribution in [0.2, 0.25) is 5.02 Å². The minimum atomic E-state index is -0.190. The van der Waals surface area contributed by atoms with E-state index in [0.717, 1.165) is 5.56 Å². The van der Waals surface area contributed by atoms with Crippen molar-refractivity contribution in [1.29, 1.82) is 0 Å².